The molecule has 3 nitrogen and oxygen atoms in total. The van der Waals surface area contributed by atoms with Crippen LogP contribution in [0.4, 0.5) is 0 Å². The van der Waals surface area contributed by atoms with Crippen molar-refractivity contribution < 1.29 is 0 Å². The van der Waals surface area contributed by atoms with E-state index < -0.39 is 0 Å². The summed E-state index contributed by atoms with van der Waals surface area (Å²) in [5.74, 6) is 0.727. The Bertz CT molecular complexity index is 2770. The molecule has 0 radical (unpaired) electrons. The van der Waals surface area contributed by atoms with Crippen molar-refractivity contribution in [3.63, 3.8) is 0 Å². The van der Waals surface area contributed by atoms with Gasteiger partial charge in [0.1, 0.15) is 0 Å². The smallest absolute Gasteiger partial charge is 0.160 e. The molecule has 4 aromatic heterocycles. The summed E-state index contributed by atoms with van der Waals surface area (Å²) < 4.78 is 6.17. The Labute approximate surface area is 278 Å². The van der Waals surface area contributed by atoms with Crippen molar-refractivity contribution >= 4 is 74.7 Å². The average molecular weight is 636 g/mol. The number of aromatic nitrogens is 3. The topological polar surface area (TPSA) is 30.7 Å². The first-order valence-electron chi connectivity index (χ1n) is 15.7. The number of rotatable bonds is 4. The van der Waals surface area contributed by atoms with Crippen molar-refractivity contribution in [2.75, 3.05) is 0 Å². The number of fused-ring (bicyclic) bond motifs is 7. The Morgan fingerprint density at radius 3 is 2.02 bits per heavy atom. The van der Waals surface area contributed by atoms with Crippen LogP contribution in [0.5, 0.6) is 0 Å². The number of hydrogen-bond donors (Lipinski definition) is 0. The number of thiophene rings is 2. The normalized spacial score (nSPS) is 11.8. The van der Waals surface area contributed by atoms with Gasteiger partial charge in [-0.05, 0) is 72.1 Å². The Kier molecular flexibility index (Phi) is 5.92. The predicted octanol–water partition coefficient (Wildman–Crippen LogP) is 12.2. The lowest BCUT2D eigenvalue weighted by atomic mass is 10.1. The van der Waals surface area contributed by atoms with Crippen LogP contribution in [0.1, 0.15) is 0 Å². The SMILES string of the molecule is c1ccc(-n2c3ccccc3c3cc(-c4nc(-c5ccc6c(c5)sc5ccccc56)cc(-c5cc6ccccc6s5)n4)ccc32)cc1. The molecule has 0 aliphatic carbocycles. The van der Waals surface area contributed by atoms with Crippen molar-refractivity contribution in [2.24, 2.45) is 0 Å². The quantitative estimate of drug-likeness (QED) is 0.193. The van der Waals surface area contributed by atoms with Crippen LogP contribution >= 0.6 is 22.7 Å². The monoisotopic (exact) mass is 635 g/mol. The van der Waals surface area contributed by atoms with Gasteiger partial charge in [0, 0.05) is 52.5 Å². The van der Waals surface area contributed by atoms with Crippen molar-refractivity contribution in [2.45, 2.75) is 0 Å². The van der Waals surface area contributed by atoms with Crippen molar-refractivity contribution in [1.29, 1.82) is 0 Å². The molecule has 5 heteroatoms. The molecule has 0 atom stereocenters. The van der Waals surface area contributed by atoms with Crippen LogP contribution in [-0.4, -0.2) is 14.5 Å². The lowest BCUT2D eigenvalue weighted by Crippen LogP contribution is -1.96. The summed E-state index contributed by atoms with van der Waals surface area (Å²) in [4.78, 5) is 11.6. The molecule has 0 saturated heterocycles. The molecular formula is C42H25N3S2. The molecule has 0 N–H and O–H groups in total. The Morgan fingerprint density at radius 2 is 1.13 bits per heavy atom. The van der Waals surface area contributed by atoms with E-state index in [1.807, 2.05) is 11.3 Å². The molecule has 0 saturated carbocycles. The Hall–Kier alpha value is -5.62. The van der Waals surface area contributed by atoms with Gasteiger partial charge < -0.3 is 4.57 Å². The highest BCUT2D eigenvalue weighted by molar-refractivity contribution is 7.25. The van der Waals surface area contributed by atoms with Gasteiger partial charge in [-0.15, -0.1) is 22.7 Å². The third kappa shape index (κ3) is 4.32. The average Bonchev–Trinajstić information content (AvgIpc) is 3.83. The molecule has 0 aliphatic heterocycles. The standard InChI is InChI=1S/C42H25N3S2/c1-2-11-29(12-3-1)45-36-15-7-5-13-30(36)33-22-28(19-21-37(33)45)42-43-34(25-35(44-42)41-24-27-10-4-8-16-38(27)46-41)26-18-20-32-31-14-6-9-17-39(31)47-40(32)23-26/h1-25H. The summed E-state index contributed by atoms with van der Waals surface area (Å²) >= 11 is 3.61. The van der Waals surface area contributed by atoms with Crippen LogP contribution in [0.3, 0.4) is 0 Å². The molecule has 4 heterocycles. The summed E-state index contributed by atoms with van der Waals surface area (Å²) in [6.07, 6.45) is 0. The van der Waals surface area contributed by atoms with Gasteiger partial charge in [-0.1, -0.05) is 84.9 Å². The van der Waals surface area contributed by atoms with E-state index in [1.54, 1.807) is 11.3 Å². The minimum atomic E-state index is 0.727. The second kappa shape index (κ2) is 10.5. The van der Waals surface area contributed by atoms with Crippen LogP contribution in [0, 0.1) is 0 Å². The fourth-order valence-corrected chi connectivity index (χ4v) is 8.98. The second-order valence-electron chi connectivity index (χ2n) is 11.8. The highest BCUT2D eigenvalue weighted by Gasteiger charge is 2.17. The molecule has 0 spiro atoms. The largest absolute Gasteiger partial charge is 0.309 e. The van der Waals surface area contributed by atoms with Crippen LogP contribution in [0.25, 0.3) is 91.0 Å². The highest BCUT2D eigenvalue weighted by atomic mass is 32.1. The van der Waals surface area contributed by atoms with Crippen LogP contribution in [0.2, 0.25) is 0 Å². The maximum atomic E-state index is 5.26. The first-order chi connectivity index (χ1) is 23.3. The van der Waals surface area contributed by atoms with E-state index in [-0.39, 0.29) is 0 Å². The van der Waals surface area contributed by atoms with E-state index in [0.29, 0.717) is 0 Å². The van der Waals surface area contributed by atoms with Crippen molar-refractivity contribution in [1.82, 2.24) is 14.5 Å². The summed E-state index contributed by atoms with van der Waals surface area (Å²) in [5.41, 5.74) is 7.45. The van der Waals surface area contributed by atoms with Crippen LogP contribution < -0.4 is 0 Å². The van der Waals surface area contributed by atoms with Gasteiger partial charge >= 0.3 is 0 Å². The van der Waals surface area contributed by atoms with Gasteiger partial charge in [-0.2, -0.15) is 0 Å². The second-order valence-corrected chi connectivity index (χ2v) is 14.0. The summed E-state index contributed by atoms with van der Waals surface area (Å²) in [5, 5.41) is 6.22. The summed E-state index contributed by atoms with van der Waals surface area (Å²) in [6, 6.07) is 54.2. The minimum absolute atomic E-state index is 0.727. The van der Waals surface area contributed by atoms with Gasteiger partial charge in [0.25, 0.3) is 0 Å². The van der Waals surface area contributed by atoms with Crippen molar-refractivity contribution in [3.05, 3.63) is 152 Å². The van der Waals surface area contributed by atoms with E-state index in [0.717, 1.165) is 44.4 Å². The lowest BCUT2D eigenvalue weighted by Gasteiger charge is -2.10. The molecular weight excluding hydrogens is 611 g/mol. The molecule has 0 bridgehead atoms. The zero-order valence-electron chi connectivity index (χ0n) is 25.1. The molecule has 47 heavy (non-hydrogen) atoms. The molecule has 0 fully saturated rings. The highest BCUT2D eigenvalue weighted by Crippen LogP contribution is 2.40. The van der Waals surface area contributed by atoms with Crippen molar-refractivity contribution in [3.8, 4) is 38.9 Å². The predicted molar refractivity (Wildman–Crippen MR) is 201 cm³/mol. The fourth-order valence-electron chi connectivity index (χ4n) is 6.81. The number of para-hydroxylation sites is 2. The van der Waals surface area contributed by atoms with Gasteiger partial charge in [-0.25, -0.2) is 9.97 Å². The maximum absolute atomic E-state index is 5.26. The number of nitrogens with zero attached hydrogens (tertiary/aromatic N) is 3. The van der Waals surface area contributed by atoms with Gasteiger partial charge in [0.05, 0.1) is 27.3 Å². The van der Waals surface area contributed by atoms with Crippen LogP contribution in [0.15, 0.2) is 152 Å². The van der Waals surface area contributed by atoms with Gasteiger partial charge in [-0.3, -0.25) is 0 Å². The van der Waals surface area contributed by atoms with Gasteiger partial charge in [0.2, 0.25) is 0 Å². The molecule has 220 valence electrons. The summed E-state index contributed by atoms with van der Waals surface area (Å²) in [6.45, 7) is 0. The Morgan fingerprint density at radius 1 is 0.426 bits per heavy atom. The fraction of sp³-hybridized carbons (Fsp3) is 0. The van der Waals surface area contributed by atoms with E-state index in [2.05, 4.69) is 156 Å². The minimum Gasteiger partial charge on any atom is -0.309 e. The third-order valence-corrected chi connectivity index (χ3v) is 11.3. The van der Waals surface area contributed by atoms with E-state index in [1.165, 1.54) is 46.5 Å². The first-order valence-corrected chi connectivity index (χ1v) is 17.3. The molecule has 6 aromatic carbocycles. The number of hydrogen-bond acceptors (Lipinski definition) is 4. The summed E-state index contributed by atoms with van der Waals surface area (Å²) in [7, 11) is 0. The maximum Gasteiger partial charge on any atom is 0.160 e. The van der Waals surface area contributed by atoms with E-state index in [4.69, 9.17) is 9.97 Å². The molecule has 0 amide bonds. The van der Waals surface area contributed by atoms with E-state index in [9.17, 15) is 0 Å². The zero-order chi connectivity index (χ0) is 30.9. The molecule has 0 unspecified atom stereocenters. The molecule has 10 rings (SSSR count). The third-order valence-electron chi connectivity index (χ3n) is 9.02. The number of benzene rings is 6. The first kappa shape index (κ1) is 26.6. The molecule has 0 aliphatic rings. The zero-order valence-corrected chi connectivity index (χ0v) is 26.7. The van der Waals surface area contributed by atoms with E-state index >= 15 is 0 Å². The lowest BCUT2D eigenvalue weighted by molar-refractivity contribution is 1.17. The Balaban J connectivity index is 1.19. The van der Waals surface area contributed by atoms with Gasteiger partial charge in [0.15, 0.2) is 5.82 Å². The molecule has 10 aromatic rings. The van der Waals surface area contributed by atoms with Crippen LogP contribution in [-0.2, 0) is 0 Å².